The zero-order chi connectivity index (χ0) is 20.2. The van der Waals surface area contributed by atoms with Gasteiger partial charge in [-0.2, -0.15) is 0 Å². The Morgan fingerprint density at radius 3 is 2.76 bits per heavy atom. The number of fused-ring (bicyclic) bond motifs is 1. The van der Waals surface area contributed by atoms with Crippen LogP contribution in [0.25, 0.3) is 28.3 Å². The lowest BCUT2D eigenvalue weighted by Gasteiger charge is -2.20. The van der Waals surface area contributed by atoms with Crippen molar-refractivity contribution in [1.82, 2.24) is 15.5 Å². The number of hydrogen-bond donors (Lipinski definition) is 2. The molecule has 0 spiro atoms. The van der Waals surface area contributed by atoms with Crippen molar-refractivity contribution in [3.05, 3.63) is 90.3 Å². The molecule has 2 aromatic carbocycles. The molecule has 0 bridgehead atoms. The number of aromatic nitrogens is 2. The maximum Gasteiger partial charge on any atom is 0.405 e. The molecular formula is C23H19N3O3. The van der Waals surface area contributed by atoms with E-state index < -0.39 is 12.1 Å². The van der Waals surface area contributed by atoms with Crippen molar-refractivity contribution in [3.63, 3.8) is 0 Å². The first-order chi connectivity index (χ1) is 14.2. The van der Waals surface area contributed by atoms with Crippen molar-refractivity contribution in [1.29, 1.82) is 0 Å². The summed E-state index contributed by atoms with van der Waals surface area (Å²) in [5.74, 6) is 0. The number of nitrogens with one attached hydrogen (secondary N) is 1. The highest BCUT2D eigenvalue weighted by atomic mass is 16.5. The van der Waals surface area contributed by atoms with E-state index in [2.05, 4.69) is 22.0 Å². The summed E-state index contributed by atoms with van der Waals surface area (Å²) in [5.41, 5.74) is 4.68. The smallest absolute Gasteiger partial charge is 0.405 e. The average Bonchev–Trinajstić information content (AvgIpc) is 3.16. The molecule has 6 heteroatoms. The van der Waals surface area contributed by atoms with Gasteiger partial charge in [-0.15, -0.1) is 0 Å². The molecule has 0 aliphatic rings. The molecule has 0 aliphatic carbocycles. The minimum Gasteiger partial charge on any atom is -0.465 e. The predicted octanol–water partition coefficient (Wildman–Crippen LogP) is 5.08. The Morgan fingerprint density at radius 2 is 2.00 bits per heavy atom. The zero-order valence-electron chi connectivity index (χ0n) is 15.6. The molecule has 6 nitrogen and oxygen atoms in total. The molecule has 1 amide bonds. The van der Waals surface area contributed by atoms with Gasteiger partial charge >= 0.3 is 6.09 Å². The zero-order valence-corrected chi connectivity index (χ0v) is 15.6. The fourth-order valence-corrected chi connectivity index (χ4v) is 3.41. The summed E-state index contributed by atoms with van der Waals surface area (Å²) in [4.78, 5) is 15.8. The Morgan fingerprint density at radius 1 is 1.17 bits per heavy atom. The van der Waals surface area contributed by atoms with Crippen molar-refractivity contribution in [3.8, 4) is 11.3 Å². The molecule has 4 aromatic rings. The van der Waals surface area contributed by atoms with Gasteiger partial charge in [-0.25, -0.2) is 4.79 Å². The molecule has 29 heavy (non-hydrogen) atoms. The normalized spacial score (nSPS) is 11.9. The lowest BCUT2D eigenvalue weighted by atomic mass is 9.93. The van der Waals surface area contributed by atoms with E-state index in [-0.39, 0.29) is 0 Å². The molecule has 0 aliphatic heterocycles. The van der Waals surface area contributed by atoms with Crippen molar-refractivity contribution in [2.24, 2.45) is 0 Å². The summed E-state index contributed by atoms with van der Waals surface area (Å²) < 4.78 is 5.53. The second-order valence-electron chi connectivity index (χ2n) is 6.61. The van der Waals surface area contributed by atoms with Gasteiger partial charge in [-0.05, 0) is 35.4 Å². The lowest BCUT2D eigenvalue weighted by molar-refractivity contribution is 0.190. The van der Waals surface area contributed by atoms with Crippen LogP contribution in [-0.4, -0.2) is 21.3 Å². The van der Waals surface area contributed by atoms with Gasteiger partial charge in [0.05, 0.1) is 6.04 Å². The van der Waals surface area contributed by atoms with Crippen LogP contribution in [0.4, 0.5) is 4.79 Å². The topological polar surface area (TPSA) is 88.2 Å². The summed E-state index contributed by atoms with van der Waals surface area (Å²) >= 11 is 0. The number of benzene rings is 2. The van der Waals surface area contributed by atoms with Crippen LogP contribution in [0.5, 0.6) is 0 Å². The number of hydrogen-bond acceptors (Lipinski definition) is 4. The van der Waals surface area contributed by atoms with Crippen LogP contribution in [0.15, 0.2) is 78.0 Å². The van der Waals surface area contributed by atoms with E-state index >= 15 is 0 Å². The molecule has 0 fully saturated rings. The number of pyridine rings is 1. The van der Waals surface area contributed by atoms with Crippen LogP contribution in [0.1, 0.15) is 22.9 Å². The quantitative estimate of drug-likeness (QED) is 0.483. The maximum absolute atomic E-state index is 11.5. The van der Waals surface area contributed by atoms with E-state index in [0.29, 0.717) is 17.7 Å². The molecule has 1 unspecified atom stereocenters. The van der Waals surface area contributed by atoms with Crippen LogP contribution in [0, 0.1) is 0 Å². The third-order valence-electron chi connectivity index (χ3n) is 4.76. The predicted molar refractivity (Wildman–Crippen MR) is 111 cm³/mol. The summed E-state index contributed by atoms with van der Waals surface area (Å²) in [6, 6.07) is 18.5. The Kier molecular flexibility index (Phi) is 5.07. The average molecular weight is 385 g/mol. The molecule has 2 heterocycles. The van der Waals surface area contributed by atoms with E-state index in [1.165, 1.54) is 0 Å². The van der Waals surface area contributed by atoms with Crippen LogP contribution < -0.4 is 5.32 Å². The van der Waals surface area contributed by atoms with Crippen molar-refractivity contribution >= 4 is 23.1 Å². The molecule has 4 rings (SSSR count). The largest absolute Gasteiger partial charge is 0.465 e. The van der Waals surface area contributed by atoms with E-state index in [0.717, 1.165) is 27.8 Å². The van der Waals surface area contributed by atoms with E-state index in [1.54, 1.807) is 12.3 Å². The second-order valence-corrected chi connectivity index (χ2v) is 6.61. The summed E-state index contributed by atoms with van der Waals surface area (Å²) in [6.45, 7) is 3.78. The Bertz CT molecular complexity index is 1170. The Hall–Kier alpha value is -3.93. The standard InChI is InChI=1S/C23H19N3O3/c1-2-15-10-11-19-21(13-15)29-26-22(19)18-9-4-3-8-17(18)20(25-23(27)28)14-16-7-5-6-12-24-16/h2-13,20,25H,1,14H2,(H,27,28). The number of rotatable bonds is 6. The fourth-order valence-electron chi connectivity index (χ4n) is 3.41. The SMILES string of the molecule is C=Cc1ccc2c(-c3ccccc3C(Cc3ccccn3)NC(=O)O)noc2c1. The molecule has 144 valence electrons. The number of nitrogens with zero attached hydrogens (tertiary/aromatic N) is 2. The van der Waals surface area contributed by atoms with E-state index in [4.69, 9.17) is 4.52 Å². The van der Waals surface area contributed by atoms with Gasteiger partial charge < -0.3 is 14.9 Å². The summed E-state index contributed by atoms with van der Waals surface area (Å²) in [6.07, 6.45) is 2.76. The third-order valence-corrected chi connectivity index (χ3v) is 4.76. The lowest BCUT2D eigenvalue weighted by Crippen LogP contribution is -2.29. The molecule has 1 atom stereocenters. The highest BCUT2D eigenvalue weighted by Crippen LogP contribution is 2.34. The third kappa shape index (κ3) is 3.87. The van der Waals surface area contributed by atoms with Crippen LogP contribution in [0.2, 0.25) is 0 Å². The highest BCUT2D eigenvalue weighted by molar-refractivity contribution is 5.93. The minimum atomic E-state index is -1.10. The Balaban J connectivity index is 1.80. The van der Waals surface area contributed by atoms with Crippen LogP contribution >= 0.6 is 0 Å². The first-order valence-corrected chi connectivity index (χ1v) is 9.16. The number of amides is 1. The fraction of sp³-hybridized carbons (Fsp3) is 0.0870. The van der Waals surface area contributed by atoms with Gasteiger partial charge in [0.2, 0.25) is 0 Å². The van der Waals surface area contributed by atoms with Crippen molar-refractivity contribution in [2.45, 2.75) is 12.5 Å². The van der Waals surface area contributed by atoms with Crippen LogP contribution in [-0.2, 0) is 6.42 Å². The molecular weight excluding hydrogens is 366 g/mol. The van der Waals surface area contributed by atoms with Crippen molar-refractivity contribution < 1.29 is 14.4 Å². The second kappa shape index (κ2) is 7.98. The highest BCUT2D eigenvalue weighted by Gasteiger charge is 2.22. The Labute approximate surface area is 167 Å². The molecule has 0 saturated heterocycles. The van der Waals surface area contributed by atoms with Crippen molar-refractivity contribution in [2.75, 3.05) is 0 Å². The first-order valence-electron chi connectivity index (χ1n) is 9.16. The number of carbonyl (C=O) groups is 1. The molecule has 2 aromatic heterocycles. The monoisotopic (exact) mass is 385 g/mol. The van der Waals surface area contributed by atoms with Gasteiger partial charge in [0, 0.05) is 29.3 Å². The van der Waals surface area contributed by atoms with Gasteiger partial charge in [-0.3, -0.25) is 4.98 Å². The van der Waals surface area contributed by atoms with Crippen LogP contribution in [0.3, 0.4) is 0 Å². The molecule has 0 radical (unpaired) electrons. The summed E-state index contributed by atoms with van der Waals surface area (Å²) in [5, 5.41) is 17.1. The van der Waals surface area contributed by atoms with Gasteiger partial charge in [-0.1, -0.05) is 54.2 Å². The minimum absolute atomic E-state index is 0.417. The molecule has 0 saturated carbocycles. The number of carboxylic acid groups (broad SMARTS) is 1. The van der Waals surface area contributed by atoms with E-state index in [9.17, 15) is 9.90 Å². The maximum atomic E-state index is 11.5. The van der Waals surface area contributed by atoms with Gasteiger partial charge in [0.25, 0.3) is 0 Å². The van der Waals surface area contributed by atoms with E-state index in [1.807, 2.05) is 60.7 Å². The summed E-state index contributed by atoms with van der Waals surface area (Å²) in [7, 11) is 0. The van der Waals surface area contributed by atoms with Gasteiger partial charge in [0.15, 0.2) is 5.58 Å². The first kappa shape index (κ1) is 18.4. The van der Waals surface area contributed by atoms with Gasteiger partial charge in [0.1, 0.15) is 5.69 Å². The molecule has 2 N–H and O–H groups in total.